The SMILES string of the molecule is OCCc1ncn(C2CCCc3c(Cl)cccc32)c1-c1c[nH]c2cnc(OCc3ccccc3)cc12. The molecule has 0 fully saturated rings. The largest absolute Gasteiger partial charge is 0.473 e. The molecule has 7 heteroatoms. The molecule has 3 aromatic heterocycles. The molecular formula is C29H27ClN4O2. The third-order valence-electron chi connectivity index (χ3n) is 7.00. The summed E-state index contributed by atoms with van der Waals surface area (Å²) < 4.78 is 8.28. The normalized spacial score (nSPS) is 15.2. The predicted octanol–water partition coefficient (Wildman–Crippen LogP) is 6.12. The van der Waals surface area contributed by atoms with Crippen LogP contribution in [0.4, 0.5) is 0 Å². The van der Waals surface area contributed by atoms with E-state index in [0.29, 0.717) is 18.9 Å². The smallest absolute Gasteiger partial charge is 0.214 e. The predicted molar refractivity (Wildman–Crippen MR) is 141 cm³/mol. The van der Waals surface area contributed by atoms with Crippen molar-refractivity contribution in [3.63, 3.8) is 0 Å². The zero-order valence-electron chi connectivity index (χ0n) is 19.8. The van der Waals surface area contributed by atoms with Gasteiger partial charge in [0.1, 0.15) is 6.61 Å². The number of H-pyrrole nitrogens is 1. The minimum atomic E-state index is 0.0342. The number of rotatable bonds is 7. The first-order valence-electron chi connectivity index (χ1n) is 12.3. The zero-order chi connectivity index (χ0) is 24.5. The molecule has 0 amide bonds. The monoisotopic (exact) mass is 498 g/mol. The number of aliphatic hydroxyl groups is 1. The third-order valence-corrected chi connectivity index (χ3v) is 7.35. The van der Waals surface area contributed by atoms with Gasteiger partial charge < -0.3 is 19.4 Å². The number of halogens is 1. The highest BCUT2D eigenvalue weighted by atomic mass is 35.5. The summed E-state index contributed by atoms with van der Waals surface area (Å²) in [5.74, 6) is 0.566. The van der Waals surface area contributed by atoms with Crippen LogP contribution >= 0.6 is 11.6 Å². The number of hydrogen-bond donors (Lipinski definition) is 2. The molecule has 0 aliphatic heterocycles. The highest BCUT2D eigenvalue weighted by Gasteiger charge is 2.27. The molecule has 1 aliphatic rings. The second-order valence-electron chi connectivity index (χ2n) is 9.18. The van der Waals surface area contributed by atoms with Gasteiger partial charge in [-0.3, -0.25) is 0 Å². The van der Waals surface area contributed by atoms with Crippen LogP contribution in [0.25, 0.3) is 22.2 Å². The van der Waals surface area contributed by atoms with Gasteiger partial charge >= 0.3 is 0 Å². The number of pyridine rings is 1. The molecule has 2 aromatic carbocycles. The highest BCUT2D eigenvalue weighted by Crippen LogP contribution is 2.41. The maximum atomic E-state index is 9.79. The Morgan fingerprint density at radius 1 is 1.11 bits per heavy atom. The van der Waals surface area contributed by atoms with Crippen LogP contribution in [0.5, 0.6) is 5.88 Å². The molecule has 0 saturated heterocycles. The molecule has 0 spiro atoms. The number of hydrogen-bond acceptors (Lipinski definition) is 4. The molecule has 1 unspecified atom stereocenters. The number of imidazole rings is 1. The van der Waals surface area contributed by atoms with Crippen molar-refractivity contribution in [3.8, 4) is 17.1 Å². The Balaban J connectivity index is 1.43. The quantitative estimate of drug-likeness (QED) is 0.283. The summed E-state index contributed by atoms with van der Waals surface area (Å²) in [7, 11) is 0. The lowest BCUT2D eigenvalue weighted by Gasteiger charge is -2.29. The lowest BCUT2D eigenvalue weighted by molar-refractivity contribution is 0.294. The van der Waals surface area contributed by atoms with Gasteiger partial charge in [0.15, 0.2) is 0 Å². The van der Waals surface area contributed by atoms with Crippen molar-refractivity contribution in [2.45, 2.75) is 38.3 Å². The average molecular weight is 499 g/mol. The lowest BCUT2D eigenvalue weighted by Crippen LogP contribution is -2.18. The van der Waals surface area contributed by atoms with Gasteiger partial charge in [-0.15, -0.1) is 0 Å². The number of nitrogens with zero attached hydrogens (tertiary/aromatic N) is 3. The van der Waals surface area contributed by atoms with Gasteiger partial charge in [0.2, 0.25) is 5.88 Å². The Morgan fingerprint density at radius 3 is 2.86 bits per heavy atom. The summed E-state index contributed by atoms with van der Waals surface area (Å²) in [6, 6.07) is 18.3. The van der Waals surface area contributed by atoms with Gasteiger partial charge in [-0.2, -0.15) is 0 Å². The third kappa shape index (κ3) is 4.16. The second-order valence-corrected chi connectivity index (χ2v) is 9.59. The van der Waals surface area contributed by atoms with E-state index < -0.39 is 0 Å². The summed E-state index contributed by atoms with van der Waals surface area (Å²) in [5.41, 5.74) is 7.38. The molecule has 5 aromatic rings. The fourth-order valence-electron chi connectivity index (χ4n) is 5.30. The number of aromatic amines is 1. The number of aromatic nitrogens is 4. The molecule has 1 atom stereocenters. The Hall–Kier alpha value is -3.61. The van der Waals surface area contributed by atoms with E-state index in [2.05, 4.69) is 20.6 Å². The Kier molecular flexibility index (Phi) is 6.21. The molecule has 6 rings (SSSR count). The van der Waals surface area contributed by atoms with E-state index in [1.165, 1.54) is 11.1 Å². The average Bonchev–Trinajstić information content (AvgIpc) is 3.51. The summed E-state index contributed by atoms with van der Waals surface area (Å²) in [6.45, 7) is 0.485. The van der Waals surface area contributed by atoms with Crippen molar-refractivity contribution in [3.05, 3.63) is 101 Å². The first-order chi connectivity index (χ1) is 17.7. The lowest BCUT2D eigenvalue weighted by atomic mass is 9.87. The van der Waals surface area contributed by atoms with Crippen molar-refractivity contribution in [1.29, 1.82) is 0 Å². The van der Waals surface area contributed by atoms with E-state index in [4.69, 9.17) is 21.3 Å². The summed E-state index contributed by atoms with van der Waals surface area (Å²) in [6.07, 6.45) is 9.25. The van der Waals surface area contributed by atoms with Gasteiger partial charge in [-0.05, 0) is 42.0 Å². The molecule has 0 bridgehead atoms. The van der Waals surface area contributed by atoms with Crippen molar-refractivity contribution in [2.75, 3.05) is 6.61 Å². The summed E-state index contributed by atoms with van der Waals surface area (Å²) >= 11 is 6.57. The topological polar surface area (TPSA) is 76.0 Å². The maximum Gasteiger partial charge on any atom is 0.214 e. The van der Waals surface area contributed by atoms with Gasteiger partial charge in [-0.1, -0.05) is 54.1 Å². The number of ether oxygens (including phenoxy) is 1. The number of benzene rings is 2. The van der Waals surface area contributed by atoms with Crippen LogP contribution in [0, 0.1) is 0 Å². The van der Waals surface area contributed by atoms with Gasteiger partial charge in [0.25, 0.3) is 0 Å². The molecule has 182 valence electrons. The minimum Gasteiger partial charge on any atom is -0.473 e. The summed E-state index contributed by atoms with van der Waals surface area (Å²) in [5, 5.41) is 11.6. The van der Waals surface area contributed by atoms with Gasteiger partial charge in [0, 0.05) is 41.3 Å². The molecule has 0 radical (unpaired) electrons. The van der Waals surface area contributed by atoms with Crippen LogP contribution in [-0.4, -0.2) is 31.2 Å². The minimum absolute atomic E-state index is 0.0342. The number of nitrogens with one attached hydrogen (secondary N) is 1. The molecule has 2 N–H and O–H groups in total. The first kappa shape index (κ1) is 22.8. The number of fused-ring (bicyclic) bond motifs is 2. The summed E-state index contributed by atoms with van der Waals surface area (Å²) in [4.78, 5) is 12.6. The van der Waals surface area contributed by atoms with Crippen molar-refractivity contribution in [1.82, 2.24) is 19.5 Å². The van der Waals surface area contributed by atoms with Gasteiger partial charge in [-0.25, -0.2) is 9.97 Å². The van der Waals surface area contributed by atoms with E-state index >= 15 is 0 Å². The fraction of sp³-hybridized carbons (Fsp3) is 0.241. The number of aliphatic hydroxyl groups excluding tert-OH is 1. The molecular weight excluding hydrogens is 472 g/mol. The molecule has 3 heterocycles. The van der Waals surface area contributed by atoms with Crippen LogP contribution in [-0.2, 0) is 19.4 Å². The molecule has 36 heavy (non-hydrogen) atoms. The van der Waals surface area contributed by atoms with Crippen LogP contribution in [0.3, 0.4) is 0 Å². The van der Waals surface area contributed by atoms with E-state index in [1.807, 2.05) is 61.1 Å². The van der Waals surface area contributed by atoms with Crippen LogP contribution in [0.15, 0.2) is 73.3 Å². The standard InChI is InChI=1S/C29H27ClN4O2/c30-24-10-4-9-21-20(24)8-5-11-27(21)34-18-33-25(12-13-35)29(34)23-15-31-26-16-32-28(14-22(23)26)36-17-19-6-2-1-3-7-19/h1-4,6-7,9-10,14-16,18,27,31,35H,5,8,11-13,17H2. The van der Waals surface area contributed by atoms with Crippen LogP contribution in [0.2, 0.25) is 5.02 Å². The Bertz CT molecular complexity index is 1510. The van der Waals surface area contributed by atoms with E-state index in [0.717, 1.165) is 57.7 Å². The van der Waals surface area contributed by atoms with Crippen LogP contribution in [0.1, 0.15) is 41.3 Å². The molecule has 1 aliphatic carbocycles. The van der Waals surface area contributed by atoms with Crippen molar-refractivity contribution >= 4 is 22.5 Å². The van der Waals surface area contributed by atoms with Gasteiger partial charge in [0.05, 0.1) is 35.5 Å². The fourth-order valence-corrected chi connectivity index (χ4v) is 5.57. The Morgan fingerprint density at radius 2 is 2.00 bits per heavy atom. The van der Waals surface area contributed by atoms with Crippen molar-refractivity contribution < 1.29 is 9.84 Å². The first-order valence-corrected chi connectivity index (χ1v) is 12.7. The van der Waals surface area contributed by atoms with Crippen LogP contribution < -0.4 is 4.74 Å². The van der Waals surface area contributed by atoms with E-state index in [-0.39, 0.29) is 12.6 Å². The van der Waals surface area contributed by atoms with E-state index in [1.54, 1.807) is 6.20 Å². The zero-order valence-corrected chi connectivity index (χ0v) is 20.6. The Labute approximate surface area is 214 Å². The highest BCUT2D eigenvalue weighted by molar-refractivity contribution is 6.31. The second kappa shape index (κ2) is 9.80. The van der Waals surface area contributed by atoms with E-state index in [9.17, 15) is 5.11 Å². The maximum absolute atomic E-state index is 9.79. The van der Waals surface area contributed by atoms with Crippen molar-refractivity contribution in [2.24, 2.45) is 0 Å². The molecule has 0 saturated carbocycles. The molecule has 6 nitrogen and oxygen atoms in total.